The zero-order chi connectivity index (χ0) is 20.1. The molecule has 2 aliphatic rings. The normalized spacial score (nSPS) is 21.6. The van der Waals surface area contributed by atoms with Crippen LogP contribution in [0.4, 0.5) is 0 Å². The first-order chi connectivity index (χ1) is 13.6. The van der Waals surface area contributed by atoms with Crippen molar-refractivity contribution in [2.24, 2.45) is 10.9 Å². The lowest BCUT2D eigenvalue weighted by Gasteiger charge is -2.21. The van der Waals surface area contributed by atoms with Gasteiger partial charge in [-0.05, 0) is 30.9 Å². The van der Waals surface area contributed by atoms with E-state index < -0.39 is 0 Å². The Bertz CT molecular complexity index is 844. The molecule has 0 radical (unpaired) electrons. The number of carbonyl (C=O) groups excluding carboxylic acids is 1. The van der Waals surface area contributed by atoms with Gasteiger partial charge in [-0.2, -0.15) is 5.26 Å². The summed E-state index contributed by atoms with van der Waals surface area (Å²) in [6.45, 7) is 5.15. The number of rotatable bonds is 7. The van der Waals surface area contributed by atoms with Crippen molar-refractivity contribution in [2.75, 3.05) is 20.3 Å². The van der Waals surface area contributed by atoms with E-state index in [4.69, 9.17) is 9.47 Å². The first kappa shape index (κ1) is 20.3. The van der Waals surface area contributed by atoms with Gasteiger partial charge < -0.3 is 14.8 Å². The number of hydrogen-bond donors (Lipinski definition) is 1. The van der Waals surface area contributed by atoms with Gasteiger partial charge in [-0.3, -0.25) is 9.79 Å². The van der Waals surface area contributed by atoms with Crippen LogP contribution in [-0.2, 0) is 4.79 Å². The molecule has 0 bridgehead atoms. The van der Waals surface area contributed by atoms with E-state index in [1.807, 2.05) is 38.3 Å². The minimum absolute atomic E-state index is 0.0484. The lowest BCUT2D eigenvalue weighted by Crippen LogP contribution is -2.36. The number of methoxy groups -OCH3 is 1. The summed E-state index contributed by atoms with van der Waals surface area (Å²) in [5, 5.41) is 12.4. The highest BCUT2D eigenvalue weighted by atomic mass is 32.2. The number of nitrogens with one attached hydrogen (secondary N) is 1. The summed E-state index contributed by atoms with van der Waals surface area (Å²) in [5.41, 5.74) is 2.05. The molecule has 3 rings (SSSR count). The van der Waals surface area contributed by atoms with E-state index in [0.717, 1.165) is 22.5 Å². The third-order valence-corrected chi connectivity index (χ3v) is 6.22. The molecule has 1 aromatic rings. The topological polar surface area (TPSA) is 83.7 Å². The highest BCUT2D eigenvalue weighted by Crippen LogP contribution is 2.43. The fraction of sp³-hybridized carbons (Fsp3) is 0.476. The van der Waals surface area contributed by atoms with Crippen molar-refractivity contribution in [3.63, 3.8) is 0 Å². The summed E-state index contributed by atoms with van der Waals surface area (Å²) in [6.07, 6.45) is 2.93. The molecule has 0 spiro atoms. The van der Waals surface area contributed by atoms with Crippen LogP contribution in [0.1, 0.15) is 38.2 Å². The molecule has 2 heterocycles. The van der Waals surface area contributed by atoms with Gasteiger partial charge in [-0.1, -0.05) is 30.8 Å². The quantitative estimate of drug-likeness (QED) is 0.757. The van der Waals surface area contributed by atoms with Crippen LogP contribution in [0, 0.1) is 17.2 Å². The second-order valence-corrected chi connectivity index (χ2v) is 7.99. The van der Waals surface area contributed by atoms with Gasteiger partial charge in [0.05, 0.1) is 31.1 Å². The second-order valence-electron chi connectivity index (χ2n) is 6.80. The lowest BCUT2D eigenvalue weighted by atomic mass is 9.94. The first-order valence-electron chi connectivity index (χ1n) is 9.47. The number of ether oxygens (including phenoxy) is 2. The van der Waals surface area contributed by atoms with E-state index in [9.17, 15) is 10.1 Å². The van der Waals surface area contributed by atoms with Gasteiger partial charge in [-0.25, -0.2) is 0 Å². The summed E-state index contributed by atoms with van der Waals surface area (Å²) >= 11 is 1.53. The third-order valence-electron chi connectivity index (χ3n) is 4.95. The minimum Gasteiger partial charge on any atom is -0.493 e. The van der Waals surface area contributed by atoms with Crippen LogP contribution in [0.25, 0.3) is 0 Å². The number of allylic oxidation sites excluding steroid dienone is 1. The summed E-state index contributed by atoms with van der Waals surface area (Å²) in [7, 11) is 1.61. The van der Waals surface area contributed by atoms with Crippen LogP contribution in [-0.4, -0.2) is 37.8 Å². The summed E-state index contributed by atoms with van der Waals surface area (Å²) in [6, 6.07) is 8.07. The van der Waals surface area contributed by atoms with Crippen molar-refractivity contribution in [1.82, 2.24) is 5.32 Å². The van der Waals surface area contributed by atoms with Crippen molar-refractivity contribution >= 4 is 23.9 Å². The molecule has 1 N–H and O–H groups in total. The molecule has 0 saturated heterocycles. The Morgan fingerprint density at radius 1 is 1.50 bits per heavy atom. The van der Waals surface area contributed by atoms with E-state index in [-0.39, 0.29) is 23.1 Å². The largest absolute Gasteiger partial charge is 0.493 e. The van der Waals surface area contributed by atoms with Gasteiger partial charge in [0.2, 0.25) is 5.91 Å². The predicted molar refractivity (Wildman–Crippen MR) is 111 cm³/mol. The Kier molecular flexibility index (Phi) is 6.63. The molecule has 1 aromatic carbocycles. The van der Waals surface area contributed by atoms with E-state index in [2.05, 4.69) is 16.4 Å². The average Bonchev–Trinajstić information content (AvgIpc) is 3.04. The van der Waals surface area contributed by atoms with Crippen LogP contribution >= 0.6 is 11.8 Å². The van der Waals surface area contributed by atoms with Crippen LogP contribution in [0.15, 0.2) is 33.7 Å². The maximum Gasteiger partial charge on any atom is 0.221 e. The van der Waals surface area contributed by atoms with Crippen molar-refractivity contribution < 1.29 is 14.3 Å². The Morgan fingerprint density at radius 3 is 3.04 bits per heavy atom. The molecule has 148 valence electrons. The Labute approximate surface area is 170 Å². The van der Waals surface area contributed by atoms with Gasteiger partial charge in [0, 0.05) is 29.6 Å². The Balaban J connectivity index is 1.67. The number of thioether (sulfide) groups is 1. The molecule has 7 heteroatoms. The van der Waals surface area contributed by atoms with Crippen LogP contribution in [0.2, 0.25) is 0 Å². The molecule has 6 nitrogen and oxygen atoms in total. The van der Waals surface area contributed by atoms with Gasteiger partial charge in [-0.15, -0.1) is 0 Å². The molecule has 0 saturated carbocycles. The van der Waals surface area contributed by atoms with Crippen LogP contribution < -0.4 is 14.8 Å². The highest BCUT2D eigenvalue weighted by Gasteiger charge is 2.37. The monoisotopic (exact) mass is 399 g/mol. The van der Waals surface area contributed by atoms with E-state index in [1.165, 1.54) is 11.8 Å². The van der Waals surface area contributed by atoms with E-state index >= 15 is 0 Å². The molecule has 2 aliphatic heterocycles. The maximum absolute atomic E-state index is 12.7. The minimum atomic E-state index is -0.290. The van der Waals surface area contributed by atoms with Crippen molar-refractivity contribution in [2.45, 2.75) is 38.0 Å². The Morgan fingerprint density at radius 2 is 2.32 bits per heavy atom. The van der Waals surface area contributed by atoms with Gasteiger partial charge in [0.15, 0.2) is 11.5 Å². The number of para-hydroxylation sites is 1. The van der Waals surface area contributed by atoms with Gasteiger partial charge in [0.1, 0.15) is 0 Å². The molecule has 28 heavy (non-hydrogen) atoms. The van der Waals surface area contributed by atoms with Crippen molar-refractivity contribution in [1.29, 1.82) is 5.26 Å². The molecule has 0 fully saturated rings. The van der Waals surface area contributed by atoms with Crippen LogP contribution in [0.3, 0.4) is 0 Å². The van der Waals surface area contributed by atoms with E-state index in [1.54, 1.807) is 7.11 Å². The number of amides is 1. The van der Waals surface area contributed by atoms with E-state index in [0.29, 0.717) is 31.1 Å². The predicted octanol–water partition coefficient (Wildman–Crippen LogP) is 3.64. The van der Waals surface area contributed by atoms with Crippen molar-refractivity contribution in [3.05, 3.63) is 34.2 Å². The van der Waals surface area contributed by atoms with Gasteiger partial charge in [0.25, 0.3) is 0 Å². The fourth-order valence-corrected chi connectivity index (χ4v) is 4.93. The first-order valence-corrected chi connectivity index (χ1v) is 10.3. The summed E-state index contributed by atoms with van der Waals surface area (Å²) < 4.78 is 11.2. The lowest BCUT2D eigenvalue weighted by molar-refractivity contribution is -0.121. The molecular weight excluding hydrogens is 374 g/mol. The zero-order valence-corrected chi connectivity index (χ0v) is 17.2. The molecule has 0 aliphatic carbocycles. The summed E-state index contributed by atoms with van der Waals surface area (Å²) in [4.78, 5) is 18.0. The fourth-order valence-electron chi connectivity index (χ4n) is 3.59. The highest BCUT2D eigenvalue weighted by molar-refractivity contribution is 8.04. The molecule has 1 amide bonds. The number of aliphatic imine (C=N–C) groups is 1. The molecular formula is C21H25N3O3S. The number of hydrogen-bond acceptors (Lipinski definition) is 6. The molecule has 3 atom stereocenters. The standard InChI is InChI=1S/C21H25N3O3S/c1-4-27-20-14(6-5-7-17(20)26-3)13(2)10-19(25)24-21-16(11-22)15-8-9-23-12-18(15)28-21/h5-7,12-13,16,21H,4,8-10H2,1-3H3,(H,24,25). The summed E-state index contributed by atoms with van der Waals surface area (Å²) in [5.74, 6) is 0.937. The third kappa shape index (κ3) is 4.17. The SMILES string of the molecule is CCOc1c(OC)cccc1C(C)CC(=O)NC1SC2=C(CCN=C2)C1C#N. The van der Waals surface area contributed by atoms with Gasteiger partial charge >= 0.3 is 0 Å². The molecule has 0 aromatic heterocycles. The van der Waals surface area contributed by atoms with Crippen LogP contribution in [0.5, 0.6) is 11.5 Å². The number of benzene rings is 1. The average molecular weight is 400 g/mol. The maximum atomic E-state index is 12.7. The number of carbonyl (C=O) groups is 1. The van der Waals surface area contributed by atoms with Crippen molar-refractivity contribution in [3.8, 4) is 17.6 Å². The number of nitriles is 1. The molecule has 3 unspecified atom stereocenters. The smallest absolute Gasteiger partial charge is 0.221 e. The second kappa shape index (κ2) is 9.16. The Hall–Kier alpha value is -2.46. The number of nitrogens with zero attached hydrogens (tertiary/aromatic N) is 2. The zero-order valence-electron chi connectivity index (χ0n) is 16.4. The number of dihydropyridines is 1.